The van der Waals surface area contributed by atoms with Crippen molar-refractivity contribution < 1.29 is 0 Å². The van der Waals surface area contributed by atoms with E-state index < -0.39 is 0 Å². The van der Waals surface area contributed by atoms with Gasteiger partial charge in [-0.15, -0.1) is 0 Å². The first kappa shape index (κ1) is 28.2. The van der Waals surface area contributed by atoms with E-state index in [4.69, 9.17) is 0 Å². The lowest BCUT2D eigenvalue weighted by Crippen LogP contribution is -2.29. The van der Waals surface area contributed by atoms with Gasteiger partial charge in [0.2, 0.25) is 0 Å². The molecule has 0 heterocycles. The number of aryl methyl sites for hydroxylation is 2. The summed E-state index contributed by atoms with van der Waals surface area (Å²) >= 11 is 0. The van der Waals surface area contributed by atoms with Crippen LogP contribution in [0.4, 0.5) is 0 Å². The molecule has 0 N–H and O–H groups in total. The Hall–Kier alpha value is -3.38. The van der Waals surface area contributed by atoms with Gasteiger partial charge in [0.1, 0.15) is 0 Å². The van der Waals surface area contributed by atoms with E-state index in [1.165, 1.54) is 94.2 Å². The molecule has 1 atom stereocenters. The quantitative estimate of drug-likeness (QED) is 0.150. The van der Waals surface area contributed by atoms with Crippen LogP contribution in [0.5, 0.6) is 0 Å². The molecule has 0 saturated heterocycles. The molecule has 1 aliphatic carbocycles. The van der Waals surface area contributed by atoms with Crippen LogP contribution in [0, 0.1) is 6.92 Å². The fraction of sp³-hybridized carbons (Fsp3) is 0.350. The van der Waals surface area contributed by atoms with E-state index >= 15 is 0 Å². The molecule has 0 aliphatic heterocycles. The third-order valence-electron chi connectivity index (χ3n) is 9.01. The van der Waals surface area contributed by atoms with Crippen molar-refractivity contribution in [1.82, 2.24) is 0 Å². The normalized spacial score (nSPS) is 15.8. The lowest BCUT2D eigenvalue weighted by Gasteiger charge is -2.34. The molecule has 1 aliphatic rings. The summed E-state index contributed by atoms with van der Waals surface area (Å²) in [5, 5.41) is 0. The Kier molecular flexibility index (Phi) is 8.46. The maximum Gasteiger partial charge on any atom is 0.0713 e. The average Bonchev–Trinajstić information content (AvgIpc) is 3.25. The number of unbranched alkanes of at least 4 members (excludes halogenated alkanes) is 5. The van der Waals surface area contributed by atoms with Crippen molar-refractivity contribution in [2.45, 2.75) is 90.9 Å². The molecule has 0 heteroatoms. The monoisotopic (exact) mass is 526 g/mol. The molecular formula is C40H46. The molecule has 0 saturated carbocycles. The zero-order valence-corrected chi connectivity index (χ0v) is 25.3. The first-order valence-corrected chi connectivity index (χ1v) is 15.5. The summed E-state index contributed by atoms with van der Waals surface area (Å²) < 4.78 is 0. The highest BCUT2D eigenvalue weighted by Gasteiger charge is 2.46. The highest BCUT2D eigenvalue weighted by Crippen LogP contribution is 2.57. The summed E-state index contributed by atoms with van der Waals surface area (Å²) in [5.74, 6) is 0.468. The van der Waals surface area contributed by atoms with E-state index in [9.17, 15) is 0 Å². The fourth-order valence-electron chi connectivity index (χ4n) is 6.59. The molecule has 0 fully saturated rings. The second kappa shape index (κ2) is 12.0. The molecule has 0 radical (unpaired) electrons. The highest BCUT2D eigenvalue weighted by molar-refractivity contribution is 5.88. The third kappa shape index (κ3) is 5.22. The van der Waals surface area contributed by atoms with E-state index in [1.54, 1.807) is 0 Å². The Bertz CT molecular complexity index is 1470. The Morgan fingerprint density at radius 2 is 1.27 bits per heavy atom. The summed E-state index contributed by atoms with van der Waals surface area (Å²) in [4.78, 5) is 0. The van der Waals surface area contributed by atoms with Gasteiger partial charge in [0, 0.05) is 0 Å². The minimum Gasteiger partial charge on any atom is -0.0955 e. The Labute approximate surface area is 243 Å². The molecule has 5 rings (SSSR count). The van der Waals surface area contributed by atoms with E-state index in [-0.39, 0.29) is 5.41 Å². The molecule has 0 amide bonds. The smallest absolute Gasteiger partial charge is 0.0713 e. The molecule has 4 aromatic carbocycles. The van der Waals surface area contributed by atoms with Crippen LogP contribution in [-0.4, -0.2) is 0 Å². The van der Waals surface area contributed by atoms with Crippen LogP contribution in [0.15, 0.2) is 91.5 Å². The molecule has 0 spiro atoms. The van der Waals surface area contributed by atoms with Gasteiger partial charge in [0.15, 0.2) is 0 Å². The van der Waals surface area contributed by atoms with E-state index in [1.807, 2.05) is 0 Å². The zero-order valence-electron chi connectivity index (χ0n) is 25.3. The summed E-state index contributed by atoms with van der Waals surface area (Å²) in [7, 11) is 0. The number of benzene rings is 4. The lowest BCUT2D eigenvalue weighted by molar-refractivity contribution is 0.607. The summed E-state index contributed by atoms with van der Waals surface area (Å²) in [6, 6.07) is 33.1. The van der Waals surface area contributed by atoms with Crippen molar-refractivity contribution in [3.63, 3.8) is 0 Å². The van der Waals surface area contributed by atoms with Gasteiger partial charge in [-0.3, -0.25) is 0 Å². The second-order valence-electron chi connectivity index (χ2n) is 12.3. The van der Waals surface area contributed by atoms with Gasteiger partial charge in [-0.25, -0.2) is 0 Å². The van der Waals surface area contributed by atoms with Gasteiger partial charge in [0.25, 0.3) is 0 Å². The minimum absolute atomic E-state index is 0.368. The molecule has 0 bridgehead atoms. The predicted octanol–water partition coefficient (Wildman–Crippen LogP) is 11.4. The number of hydrogen-bond donors (Lipinski definition) is 0. The highest BCUT2D eigenvalue weighted by atomic mass is 14.5. The second-order valence-corrected chi connectivity index (χ2v) is 12.3. The molecule has 0 aromatic heterocycles. The van der Waals surface area contributed by atoms with Crippen LogP contribution in [0.1, 0.15) is 117 Å². The van der Waals surface area contributed by atoms with E-state index in [2.05, 4.69) is 126 Å². The topological polar surface area (TPSA) is 0 Å². The van der Waals surface area contributed by atoms with Crippen molar-refractivity contribution in [3.8, 4) is 11.1 Å². The number of fused-ring (bicyclic) bond motifs is 3. The zero-order chi connectivity index (χ0) is 28.3. The van der Waals surface area contributed by atoms with E-state index in [0.717, 1.165) is 12.0 Å². The summed E-state index contributed by atoms with van der Waals surface area (Å²) in [6.07, 6.45) is 9.17. The maximum atomic E-state index is 4.31. The van der Waals surface area contributed by atoms with Gasteiger partial charge >= 0.3 is 0 Å². The molecule has 4 aromatic rings. The maximum absolute atomic E-state index is 4.31. The SMILES string of the molecule is C=C(C)c1ccc2c(c1)C(c1ccc(C)cc1)(c1ccc(CCCCCCCC)cc1)c1cc(C(C)C)ccc1-2. The first-order valence-electron chi connectivity index (χ1n) is 15.5. The summed E-state index contributed by atoms with van der Waals surface area (Å²) in [5.41, 5.74) is 14.2. The molecule has 0 nitrogen and oxygen atoms in total. The fourth-order valence-corrected chi connectivity index (χ4v) is 6.59. The van der Waals surface area contributed by atoms with Crippen molar-refractivity contribution in [2.75, 3.05) is 0 Å². The predicted molar refractivity (Wildman–Crippen MR) is 174 cm³/mol. The van der Waals surface area contributed by atoms with Crippen LogP contribution in [0.25, 0.3) is 16.7 Å². The van der Waals surface area contributed by atoms with E-state index in [0.29, 0.717) is 5.92 Å². The number of allylic oxidation sites excluding steroid dienone is 1. The molecule has 1 unspecified atom stereocenters. The average molecular weight is 527 g/mol. The van der Waals surface area contributed by atoms with Crippen molar-refractivity contribution >= 4 is 5.57 Å². The first-order chi connectivity index (χ1) is 19.4. The largest absolute Gasteiger partial charge is 0.0955 e. The van der Waals surface area contributed by atoms with Gasteiger partial charge in [-0.05, 0) is 88.7 Å². The van der Waals surface area contributed by atoms with Crippen molar-refractivity contribution in [3.05, 3.63) is 136 Å². The van der Waals surface area contributed by atoms with Crippen LogP contribution in [-0.2, 0) is 11.8 Å². The Balaban J connectivity index is 1.67. The minimum atomic E-state index is -0.368. The molecule has 206 valence electrons. The number of rotatable bonds is 11. The number of hydrogen-bond acceptors (Lipinski definition) is 0. The van der Waals surface area contributed by atoms with Gasteiger partial charge in [-0.2, -0.15) is 0 Å². The molecular weight excluding hydrogens is 480 g/mol. The third-order valence-corrected chi connectivity index (χ3v) is 9.01. The van der Waals surface area contributed by atoms with Crippen molar-refractivity contribution in [1.29, 1.82) is 0 Å². The van der Waals surface area contributed by atoms with Gasteiger partial charge < -0.3 is 0 Å². The van der Waals surface area contributed by atoms with Gasteiger partial charge in [-0.1, -0.05) is 149 Å². The van der Waals surface area contributed by atoms with Crippen molar-refractivity contribution in [2.24, 2.45) is 0 Å². The lowest BCUT2D eigenvalue weighted by atomic mass is 9.67. The van der Waals surface area contributed by atoms with Crippen LogP contribution in [0.3, 0.4) is 0 Å². The Morgan fingerprint density at radius 1 is 0.700 bits per heavy atom. The Morgan fingerprint density at radius 3 is 1.90 bits per heavy atom. The standard InChI is InChI=1S/C40H46/c1-7-8-9-10-11-12-13-31-16-22-35(23-17-31)40(34-20-14-30(6)15-21-34)38-26-32(28(2)3)18-24-36(38)37-25-19-33(29(4)5)27-39(37)40/h14-27,29H,2,7-13H2,1,3-6H3. The molecule has 40 heavy (non-hydrogen) atoms. The van der Waals surface area contributed by atoms with Crippen LogP contribution < -0.4 is 0 Å². The van der Waals surface area contributed by atoms with Gasteiger partial charge in [0.05, 0.1) is 5.41 Å². The van der Waals surface area contributed by atoms with Crippen LogP contribution >= 0.6 is 0 Å². The van der Waals surface area contributed by atoms with Crippen LogP contribution in [0.2, 0.25) is 0 Å². The summed E-state index contributed by atoms with van der Waals surface area (Å²) in [6.45, 7) is 15.5.